The molecule has 8 heteroatoms. The van der Waals surface area contributed by atoms with E-state index in [4.69, 9.17) is 13.8 Å². The van der Waals surface area contributed by atoms with E-state index in [2.05, 4.69) is 15.6 Å². The Balaban J connectivity index is 1.37. The first-order valence-electron chi connectivity index (χ1n) is 9.34. The zero-order chi connectivity index (χ0) is 20.0. The van der Waals surface area contributed by atoms with Gasteiger partial charge in [0, 0.05) is 16.5 Å². The minimum atomic E-state index is -0.351. The van der Waals surface area contributed by atoms with Gasteiger partial charge < -0.3 is 14.5 Å². The van der Waals surface area contributed by atoms with Gasteiger partial charge in [-0.3, -0.25) is 4.79 Å². The first-order chi connectivity index (χ1) is 14.1. The molecule has 5 rings (SSSR count). The molecule has 1 aliphatic carbocycles. The van der Waals surface area contributed by atoms with Gasteiger partial charge in [-0.05, 0) is 66.3 Å². The van der Waals surface area contributed by atoms with Crippen LogP contribution in [-0.4, -0.2) is 22.8 Å². The first kappa shape index (κ1) is 17.4. The van der Waals surface area contributed by atoms with Crippen molar-refractivity contribution in [3.63, 3.8) is 0 Å². The van der Waals surface area contributed by atoms with Crippen molar-refractivity contribution in [1.82, 2.24) is 10.3 Å². The Hall–Kier alpha value is -3.68. The van der Waals surface area contributed by atoms with Crippen molar-refractivity contribution in [3.05, 3.63) is 57.4 Å². The number of ether oxygens (including phenoxy) is 1. The van der Waals surface area contributed by atoms with Gasteiger partial charge in [0.1, 0.15) is 16.8 Å². The lowest BCUT2D eigenvalue weighted by Crippen LogP contribution is -2.20. The minimum Gasteiger partial charge on any atom is -0.483 e. The highest BCUT2D eigenvalue weighted by atomic mass is 16.6. The number of hydrogen-bond acceptors (Lipinski definition) is 7. The Morgan fingerprint density at radius 3 is 2.93 bits per heavy atom. The van der Waals surface area contributed by atoms with Crippen LogP contribution in [0.2, 0.25) is 0 Å². The van der Waals surface area contributed by atoms with Crippen LogP contribution >= 0.6 is 0 Å². The molecule has 4 aromatic rings. The number of carbonyl (C=O) groups excluding carboxylic acids is 1. The number of hydrogen-bond donors (Lipinski definition) is 1. The largest absolute Gasteiger partial charge is 0.483 e. The molecule has 1 amide bonds. The molecule has 0 saturated heterocycles. The highest BCUT2D eigenvalue weighted by Gasteiger charge is 2.21. The number of rotatable bonds is 4. The van der Waals surface area contributed by atoms with E-state index in [0.29, 0.717) is 33.6 Å². The molecule has 0 radical (unpaired) electrons. The van der Waals surface area contributed by atoms with Gasteiger partial charge in [-0.2, -0.15) is 0 Å². The van der Waals surface area contributed by atoms with Gasteiger partial charge in [0.05, 0.1) is 5.69 Å². The molecule has 0 unspecified atom stereocenters. The summed E-state index contributed by atoms with van der Waals surface area (Å²) in [6.07, 6.45) is 2.60. The molecule has 0 atom stereocenters. The number of amides is 1. The second-order valence-electron chi connectivity index (χ2n) is 7.04. The molecular formula is C21H17N3O5. The molecule has 0 bridgehead atoms. The summed E-state index contributed by atoms with van der Waals surface area (Å²) in [4.78, 5) is 24.6. The zero-order valence-corrected chi connectivity index (χ0v) is 15.7. The monoisotopic (exact) mass is 391 g/mol. The fraction of sp³-hybridized carbons (Fsp3) is 0.238. The van der Waals surface area contributed by atoms with Crippen molar-refractivity contribution in [2.24, 2.45) is 0 Å². The quantitative estimate of drug-likeness (QED) is 0.533. The lowest BCUT2D eigenvalue weighted by Gasteiger charge is -2.12. The highest BCUT2D eigenvalue weighted by Crippen LogP contribution is 2.33. The SMILES string of the molecule is Cc1c(OCC(=O)Nc2cccc3nonc23)ccc2c3c(c(=O)oc12)CCC3. The summed E-state index contributed by atoms with van der Waals surface area (Å²) in [7, 11) is 0. The van der Waals surface area contributed by atoms with E-state index >= 15 is 0 Å². The molecule has 2 aromatic heterocycles. The molecule has 0 aliphatic heterocycles. The van der Waals surface area contributed by atoms with Crippen LogP contribution < -0.4 is 15.7 Å². The van der Waals surface area contributed by atoms with Gasteiger partial charge in [0.2, 0.25) is 0 Å². The van der Waals surface area contributed by atoms with E-state index in [9.17, 15) is 9.59 Å². The van der Waals surface area contributed by atoms with Crippen LogP contribution in [0.15, 0.2) is 44.2 Å². The number of aromatic nitrogens is 2. The number of aryl methyl sites for hydroxylation is 2. The fourth-order valence-electron chi connectivity index (χ4n) is 3.86. The van der Waals surface area contributed by atoms with E-state index in [1.165, 1.54) is 0 Å². The molecule has 0 saturated carbocycles. The Morgan fingerprint density at radius 2 is 2.03 bits per heavy atom. The normalized spacial score (nSPS) is 13.0. The van der Waals surface area contributed by atoms with Gasteiger partial charge in [0.25, 0.3) is 5.91 Å². The number of fused-ring (bicyclic) bond motifs is 4. The van der Waals surface area contributed by atoms with Crippen molar-refractivity contribution in [3.8, 4) is 5.75 Å². The van der Waals surface area contributed by atoms with Gasteiger partial charge in [-0.1, -0.05) is 6.07 Å². The molecule has 0 spiro atoms. The van der Waals surface area contributed by atoms with Crippen LogP contribution in [0.25, 0.3) is 22.0 Å². The predicted molar refractivity (Wildman–Crippen MR) is 105 cm³/mol. The first-order valence-corrected chi connectivity index (χ1v) is 9.34. The van der Waals surface area contributed by atoms with Gasteiger partial charge in [-0.15, -0.1) is 0 Å². The van der Waals surface area contributed by atoms with Crippen molar-refractivity contribution < 1.29 is 18.6 Å². The summed E-state index contributed by atoms with van der Waals surface area (Å²) in [5.74, 6) is 0.144. The predicted octanol–water partition coefficient (Wildman–Crippen LogP) is 3.14. The third kappa shape index (κ3) is 2.93. The smallest absolute Gasteiger partial charge is 0.339 e. The van der Waals surface area contributed by atoms with Crippen molar-refractivity contribution in [2.75, 3.05) is 11.9 Å². The molecular weight excluding hydrogens is 374 g/mol. The number of nitrogens with one attached hydrogen (secondary N) is 1. The number of benzene rings is 2. The average molecular weight is 391 g/mol. The van der Waals surface area contributed by atoms with Crippen molar-refractivity contribution in [1.29, 1.82) is 0 Å². The molecule has 0 fully saturated rings. The molecule has 1 aliphatic rings. The van der Waals surface area contributed by atoms with Crippen LogP contribution in [0.1, 0.15) is 23.1 Å². The molecule has 2 aromatic carbocycles. The van der Waals surface area contributed by atoms with E-state index in [1.54, 1.807) is 18.2 Å². The van der Waals surface area contributed by atoms with Crippen LogP contribution in [0.4, 0.5) is 5.69 Å². The molecule has 2 heterocycles. The Labute approximate surface area is 164 Å². The van der Waals surface area contributed by atoms with E-state index in [1.807, 2.05) is 19.1 Å². The van der Waals surface area contributed by atoms with E-state index < -0.39 is 0 Å². The third-order valence-electron chi connectivity index (χ3n) is 5.26. The van der Waals surface area contributed by atoms with Crippen LogP contribution in [0.5, 0.6) is 5.75 Å². The van der Waals surface area contributed by atoms with Gasteiger partial charge in [-0.25, -0.2) is 9.42 Å². The highest BCUT2D eigenvalue weighted by molar-refractivity contribution is 5.99. The number of anilines is 1. The Morgan fingerprint density at radius 1 is 1.17 bits per heavy atom. The lowest BCUT2D eigenvalue weighted by atomic mass is 10.0. The third-order valence-corrected chi connectivity index (χ3v) is 5.26. The topological polar surface area (TPSA) is 107 Å². The maximum Gasteiger partial charge on any atom is 0.339 e. The molecule has 8 nitrogen and oxygen atoms in total. The summed E-state index contributed by atoms with van der Waals surface area (Å²) in [6.45, 7) is 1.62. The summed E-state index contributed by atoms with van der Waals surface area (Å²) in [5.41, 5.74) is 4.30. The summed E-state index contributed by atoms with van der Waals surface area (Å²) < 4.78 is 16.0. The number of carbonyl (C=O) groups is 1. The molecule has 146 valence electrons. The summed E-state index contributed by atoms with van der Waals surface area (Å²) >= 11 is 0. The lowest BCUT2D eigenvalue weighted by molar-refractivity contribution is -0.118. The van der Waals surface area contributed by atoms with Crippen LogP contribution in [0, 0.1) is 6.92 Å². The second-order valence-corrected chi connectivity index (χ2v) is 7.04. The minimum absolute atomic E-state index is 0.205. The summed E-state index contributed by atoms with van der Waals surface area (Å²) in [6, 6.07) is 8.90. The number of nitrogens with zero attached hydrogens (tertiary/aromatic N) is 2. The maximum atomic E-state index is 12.3. The summed E-state index contributed by atoms with van der Waals surface area (Å²) in [5, 5.41) is 11.2. The fourth-order valence-corrected chi connectivity index (χ4v) is 3.86. The average Bonchev–Trinajstić information content (AvgIpc) is 3.38. The van der Waals surface area contributed by atoms with Crippen molar-refractivity contribution >= 4 is 33.6 Å². The van der Waals surface area contributed by atoms with E-state index in [0.717, 1.165) is 35.8 Å². The molecule has 1 N–H and O–H groups in total. The van der Waals surface area contributed by atoms with Crippen molar-refractivity contribution in [2.45, 2.75) is 26.2 Å². The van der Waals surface area contributed by atoms with E-state index in [-0.39, 0.29) is 18.1 Å². The standard InChI is InChI=1S/C21H17N3O5/c1-11-17(9-8-13-12-4-2-5-14(12)21(26)28-20(11)13)27-10-18(25)22-15-6-3-7-16-19(15)24-29-23-16/h3,6-9H,2,4-5,10H2,1H3,(H,22,25). The van der Waals surface area contributed by atoms with Gasteiger partial charge in [0.15, 0.2) is 12.1 Å². The zero-order valence-electron chi connectivity index (χ0n) is 15.7. The Bertz CT molecular complexity index is 1320. The van der Waals surface area contributed by atoms with Crippen LogP contribution in [0.3, 0.4) is 0 Å². The Kier molecular flexibility index (Phi) is 4.04. The maximum absolute atomic E-state index is 12.3. The van der Waals surface area contributed by atoms with Gasteiger partial charge >= 0.3 is 5.63 Å². The second kappa shape index (κ2) is 6.73. The van der Waals surface area contributed by atoms with Crippen LogP contribution in [-0.2, 0) is 17.6 Å². The molecule has 29 heavy (non-hydrogen) atoms.